The largest absolute Gasteiger partial charge is 0.496 e. The van der Waals surface area contributed by atoms with E-state index in [1.807, 2.05) is 104 Å². The van der Waals surface area contributed by atoms with Gasteiger partial charge in [-0.05, 0) is 66.7 Å². The highest BCUT2D eigenvalue weighted by Crippen LogP contribution is 2.25. The number of methoxy groups -OCH3 is 2. The molecule has 0 saturated carbocycles. The number of ether oxygens (including phenoxy) is 2. The fourth-order valence-corrected chi connectivity index (χ4v) is 3.82. The molecule has 0 fully saturated rings. The van der Waals surface area contributed by atoms with Crippen LogP contribution < -0.4 is 9.47 Å². The Bertz CT molecular complexity index is 1520. The second kappa shape index (κ2) is 10.1. The molecule has 0 aliphatic rings. The zero-order valence-electron chi connectivity index (χ0n) is 19.5. The maximum atomic E-state index is 5.39. The molecule has 4 aromatic carbocycles. The van der Waals surface area contributed by atoms with Crippen LogP contribution in [-0.4, -0.2) is 36.2 Å². The minimum Gasteiger partial charge on any atom is -0.496 e. The lowest BCUT2D eigenvalue weighted by Gasteiger charge is -2.06. The van der Waals surface area contributed by atoms with Gasteiger partial charge in [-0.1, -0.05) is 24.3 Å². The molecule has 0 atom stereocenters. The number of benzene rings is 4. The Morgan fingerprint density at radius 1 is 0.686 bits per heavy atom. The molecule has 0 N–H and O–H groups in total. The van der Waals surface area contributed by atoms with Gasteiger partial charge in [0, 0.05) is 29.2 Å². The van der Waals surface area contributed by atoms with E-state index in [0.29, 0.717) is 0 Å². The third kappa shape index (κ3) is 4.82. The van der Waals surface area contributed by atoms with Crippen LogP contribution in [0.5, 0.6) is 11.5 Å². The molecule has 6 heteroatoms. The molecule has 5 rings (SSSR count). The summed E-state index contributed by atoms with van der Waals surface area (Å²) in [6.07, 6.45) is 5.44. The zero-order valence-corrected chi connectivity index (χ0v) is 19.5. The Kier molecular flexibility index (Phi) is 6.35. The van der Waals surface area contributed by atoms with Gasteiger partial charge in [0.1, 0.15) is 17.8 Å². The fraction of sp³-hybridized carbons (Fsp3) is 0.0690. The van der Waals surface area contributed by atoms with Gasteiger partial charge in [0.05, 0.1) is 36.6 Å². The number of aliphatic imine (C=N–C) groups is 2. The highest BCUT2D eigenvalue weighted by Gasteiger charge is 2.06. The molecule has 172 valence electrons. The van der Waals surface area contributed by atoms with Gasteiger partial charge >= 0.3 is 0 Å². The number of hydrogen-bond donors (Lipinski definition) is 0. The summed E-state index contributed by atoms with van der Waals surface area (Å²) < 4.78 is 12.8. The van der Waals surface area contributed by atoms with Crippen LogP contribution in [0.3, 0.4) is 0 Å². The van der Waals surface area contributed by atoms with Crippen molar-refractivity contribution >= 4 is 34.8 Å². The van der Waals surface area contributed by atoms with E-state index in [1.54, 1.807) is 20.4 Å². The average molecular weight is 461 g/mol. The van der Waals surface area contributed by atoms with Crippen molar-refractivity contribution in [1.29, 1.82) is 0 Å². The lowest BCUT2D eigenvalue weighted by molar-refractivity contribution is 0.414. The predicted octanol–water partition coefficient (Wildman–Crippen LogP) is 6.54. The zero-order chi connectivity index (χ0) is 24.0. The van der Waals surface area contributed by atoms with Gasteiger partial charge in [-0.25, -0.2) is 4.98 Å². The summed E-state index contributed by atoms with van der Waals surface area (Å²) in [7, 11) is 3.32. The Morgan fingerprint density at radius 3 is 1.89 bits per heavy atom. The molecule has 0 aliphatic carbocycles. The molecule has 0 radical (unpaired) electrons. The van der Waals surface area contributed by atoms with E-state index in [2.05, 4.69) is 19.5 Å². The number of hydrogen-bond acceptors (Lipinski definition) is 5. The first-order valence-electron chi connectivity index (χ1n) is 11.2. The van der Waals surface area contributed by atoms with Crippen LogP contribution >= 0.6 is 0 Å². The summed E-state index contributed by atoms with van der Waals surface area (Å²) in [5.41, 5.74) is 6.43. The smallest absolute Gasteiger partial charge is 0.127 e. The average Bonchev–Trinajstić information content (AvgIpc) is 3.34. The van der Waals surface area contributed by atoms with Crippen LogP contribution in [0.4, 0.5) is 11.4 Å². The number of rotatable bonds is 7. The third-order valence-electron chi connectivity index (χ3n) is 5.64. The lowest BCUT2D eigenvalue weighted by Crippen LogP contribution is -1.91. The lowest BCUT2D eigenvalue weighted by atomic mass is 10.2. The first-order chi connectivity index (χ1) is 17.2. The van der Waals surface area contributed by atoms with E-state index in [4.69, 9.17) is 9.47 Å². The van der Waals surface area contributed by atoms with Gasteiger partial charge in [0.15, 0.2) is 0 Å². The Hall–Kier alpha value is -4.71. The molecule has 0 aliphatic heterocycles. The summed E-state index contributed by atoms with van der Waals surface area (Å²) in [5.74, 6) is 1.58. The van der Waals surface area contributed by atoms with E-state index < -0.39 is 0 Å². The summed E-state index contributed by atoms with van der Waals surface area (Å²) in [4.78, 5) is 13.8. The van der Waals surface area contributed by atoms with Crippen molar-refractivity contribution in [3.63, 3.8) is 0 Å². The maximum Gasteiger partial charge on any atom is 0.127 e. The van der Waals surface area contributed by atoms with Crippen LogP contribution in [0.25, 0.3) is 16.7 Å². The predicted molar refractivity (Wildman–Crippen MR) is 142 cm³/mol. The summed E-state index contributed by atoms with van der Waals surface area (Å²) in [6.45, 7) is 0. The van der Waals surface area contributed by atoms with Gasteiger partial charge < -0.3 is 9.47 Å². The number of para-hydroxylation sites is 2. The molecule has 1 heterocycles. The van der Waals surface area contributed by atoms with Crippen molar-refractivity contribution in [1.82, 2.24) is 9.55 Å². The molecular weight excluding hydrogens is 436 g/mol. The number of fused-ring (bicyclic) bond motifs is 1. The summed E-state index contributed by atoms with van der Waals surface area (Å²) in [5, 5.41) is 0. The second-order valence-electron chi connectivity index (χ2n) is 7.80. The topological polar surface area (TPSA) is 61.0 Å². The van der Waals surface area contributed by atoms with E-state index in [9.17, 15) is 0 Å². The van der Waals surface area contributed by atoms with Gasteiger partial charge in [0.2, 0.25) is 0 Å². The highest BCUT2D eigenvalue weighted by atomic mass is 16.5. The van der Waals surface area contributed by atoms with Crippen LogP contribution in [0.2, 0.25) is 0 Å². The first-order valence-corrected chi connectivity index (χ1v) is 11.2. The Balaban J connectivity index is 1.36. The molecule has 1 aromatic heterocycles. The molecular formula is C29H24N4O2. The quantitative estimate of drug-likeness (QED) is 0.259. The van der Waals surface area contributed by atoms with E-state index in [0.717, 1.165) is 50.7 Å². The van der Waals surface area contributed by atoms with Crippen molar-refractivity contribution in [3.05, 3.63) is 108 Å². The van der Waals surface area contributed by atoms with E-state index >= 15 is 0 Å². The summed E-state index contributed by atoms with van der Waals surface area (Å²) in [6, 6.07) is 29.6. The van der Waals surface area contributed by atoms with Crippen molar-refractivity contribution in [2.75, 3.05) is 14.2 Å². The monoisotopic (exact) mass is 460 g/mol. The second-order valence-corrected chi connectivity index (χ2v) is 7.80. The molecule has 0 amide bonds. The SMILES string of the molecule is COc1ccccc1C=Nc1ccc(-n2cnc3cc(N=Cc4ccccc4OC)ccc32)cc1. The van der Waals surface area contributed by atoms with Crippen LogP contribution in [0, 0.1) is 0 Å². The van der Waals surface area contributed by atoms with Crippen LogP contribution in [0.1, 0.15) is 11.1 Å². The van der Waals surface area contributed by atoms with Crippen molar-refractivity contribution in [2.45, 2.75) is 0 Å². The first kappa shape index (κ1) is 22.1. The highest BCUT2D eigenvalue weighted by molar-refractivity contribution is 5.88. The third-order valence-corrected chi connectivity index (χ3v) is 5.64. The van der Waals surface area contributed by atoms with Crippen molar-refractivity contribution in [3.8, 4) is 17.2 Å². The maximum absolute atomic E-state index is 5.39. The van der Waals surface area contributed by atoms with Crippen LogP contribution in [-0.2, 0) is 0 Å². The molecule has 6 nitrogen and oxygen atoms in total. The molecule has 35 heavy (non-hydrogen) atoms. The molecule has 0 unspecified atom stereocenters. The van der Waals surface area contributed by atoms with Crippen molar-refractivity contribution < 1.29 is 9.47 Å². The normalized spacial score (nSPS) is 11.5. The van der Waals surface area contributed by atoms with Gasteiger partial charge in [-0.3, -0.25) is 14.6 Å². The van der Waals surface area contributed by atoms with Crippen molar-refractivity contribution in [2.24, 2.45) is 9.98 Å². The van der Waals surface area contributed by atoms with Gasteiger partial charge in [-0.2, -0.15) is 0 Å². The minimum absolute atomic E-state index is 0.789. The Labute approximate surface area is 203 Å². The Morgan fingerprint density at radius 2 is 1.26 bits per heavy atom. The number of aromatic nitrogens is 2. The summed E-state index contributed by atoms with van der Waals surface area (Å²) >= 11 is 0. The van der Waals surface area contributed by atoms with E-state index in [-0.39, 0.29) is 0 Å². The van der Waals surface area contributed by atoms with E-state index in [1.165, 1.54) is 0 Å². The van der Waals surface area contributed by atoms with Crippen LogP contribution in [0.15, 0.2) is 107 Å². The molecule has 0 saturated heterocycles. The standard InChI is InChI=1S/C29H24N4O2/c1-34-28-9-5-3-7-21(28)18-30-23-11-14-25(15-12-23)33-20-32-26-17-24(13-16-27(26)33)31-19-22-8-4-6-10-29(22)35-2/h3-20H,1-2H3. The number of imidazole rings is 1. The number of nitrogens with zero attached hydrogens (tertiary/aromatic N) is 4. The molecule has 0 bridgehead atoms. The molecule has 0 spiro atoms. The fourth-order valence-electron chi connectivity index (χ4n) is 3.82. The molecule has 5 aromatic rings. The van der Waals surface area contributed by atoms with Gasteiger partial charge in [-0.15, -0.1) is 0 Å². The van der Waals surface area contributed by atoms with Gasteiger partial charge in [0.25, 0.3) is 0 Å². The minimum atomic E-state index is 0.789.